The lowest BCUT2D eigenvalue weighted by Gasteiger charge is -2.12. The fourth-order valence-electron chi connectivity index (χ4n) is 1.33. The van der Waals surface area contributed by atoms with Gasteiger partial charge in [0.2, 0.25) is 0 Å². The van der Waals surface area contributed by atoms with Crippen LogP contribution >= 0.6 is 11.6 Å². The number of hydrogen-bond acceptors (Lipinski definition) is 4. The van der Waals surface area contributed by atoms with Crippen molar-refractivity contribution in [3.8, 4) is 12.3 Å². The zero-order valence-corrected chi connectivity index (χ0v) is 9.44. The molecule has 0 aromatic carbocycles. The van der Waals surface area contributed by atoms with Crippen LogP contribution in [-0.4, -0.2) is 25.6 Å². The Morgan fingerprint density at radius 3 is 3.19 bits per heavy atom. The summed E-state index contributed by atoms with van der Waals surface area (Å²) in [6, 6.07) is 1.61. The number of halogens is 1. The predicted molar refractivity (Wildman–Crippen MR) is 62.3 cm³/mol. The van der Waals surface area contributed by atoms with E-state index < -0.39 is 0 Å². The first-order chi connectivity index (χ1) is 7.74. The molecule has 0 fully saturated rings. The molecule has 16 heavy (non-hydrogen) atoms. The van der Waals surface area contributed by atoms with E-state index in [1.165, 1.54) is 6.33 Å². The van der Waals surface area contributed by atoms with Gasteiger partial charge in [-0.05, 0) is 6.42 Å². The largest absolute Gasteiger partial charge is 0.356 e. The first-order valence-electron chi connectivity index (χ1n) is 4.83. The van der Waals surface area contributed by atoms with Crippen molar-refractivity contribution in [2.45, 2.75) is 19.4 Å². The van der Waals surface area contributed by atoms with E-state index in [4.69, 9.17) is 18.0 Å². The SMILES string of the molecule is C#CC(CC)Nc1cc(Cl)nc2ncnn12. The minimum Gasteiger partial charge on any atom is -0.356 e. The molecule has 5 nitrogen and oxygen atoms in total. The van der Waals surface area contributed by atoms with Crippen LogP contribution in [-0.2, 0) is 0 Å². The summed E-state index contributed by atoms with van der Waals surface area (Å²) < 4.78 is 1.56. The highest BCUT2D eigenvalue weighted by molar-refractivity contribution is 6.29. The first kappa shape index (κ1) is 10.7. The summed E-state index contributed by atoms with van der Waals surface area (Å²) in [6.45, 7) is 2.00. The van der Waals surface area contributed by atoms with Gasteiger partial charge in [0.25, 0.3) is 5.78 Å². The van der Waals surface area contributed by atoms with E-state index in [1.807, 2.05) is 6.92 Å². The van der Waals surface area contributed by atoms with Gasteiger partial charge < -0.3 is 5.32 Å². The van der Waals surface area contributed by atoms with Crippen molar-refractivity contribution in [1.29, 1.82) is 0 Å². The van der Waals surface area contributed by atoms with Crippen molar-refractivity contribution in [2.75, 3.05) is 5.32 Å². The van der Waals surface area contributed by atoms with E-state index in [1.54, 1.807) is 10.6 Å². The normalized spacial score (nSPS) is 12.3. The standard InChI is InChI=1S/C10H10ClN5/c1-3-7(4-2)14-9-5-8(11)15-10-12-6-13-16(9)10/h1,5-7,14H,4H2,2H3. The molecule has 0 aliphatic rings. The molecule has 0 radical (unpaired) electrons. The minimum absolute atomic E-state index is 0.0640. The highest BCUT2D eigenvalue weighted by Crippen LogP contribution is 2.15. The van der Waals surface area contributed by atoms with Crippen molar-refractivity contribution in [1.82, 2.24) is 19.6 Å². The van der Waals surface area contributed by atoms with Gasteiger partial charge in [0.15, 0.2) is 0 Å². The Morgan fingerprint density at radius 1 is 1.69 bits per heavy atom. The lowest BCUT2D eigenvalue weighted by molar-refractivity contribution is 0.828. The predicted octanol–water partition coefficient (Wildman–Crippen LogP) is 1.60. The summed E-state index contributed by atoms with van der Waals surface area (Å²) in [5.74, 6) is 3.78. The second-order valence-electron chi connectivity index (χ2n) is 3.21. The molecular weight excluding hydrogens is 226 g/mol. The molecule has 0 bridgehead atoms. The van der Waals surface area contributed by atoms with Crippen LogP contribution in [0.3, 0.4) is 0 Å². The minimum atomic E-state index is -0.0640. The van der Waals surface area contributed by atoms with Crippen molar-refractivity contribution in [2.24, 2.45) is 0 Å². The van der Waals surface area contributed by atoms with E-state index in [0.29, 0.717) is 16.7 Å². The van der Waals surface area contributed by atoms with Gasteiger partial charge in [-0.15, -0.1) is 6.42 Å². The van der Waals surface area contributed by atoms with Crippen LogP contribution in [0.4, 0.5) is 5.82 Å². The third-order valence-electron chi connectivity index (χ3n) is 2.15. The Hall–Kier alpha value is -1.80. The van der Waals surface area contributed by atoms with Gasteiger partial charge in [-0.2, -0.15) is 19.6 Å². The van der Waals surface area contributed by atoms with Crippen LogP contribution in [0.5, 0.6) is 0 Å². The maximum absolute atomic E-state index is 5.87. The van der Waals surface area contributed by atoms with Crippen LogP contribution in [0.15, 0.2) is 12.4 Å². The number of hydrogen-bond donors (Lipinski definition) is 1. The van der Waals surface area contributed by atoms with E-state index in [2.05, 4.69) is 26.3 Å². The highest BCUT2D eigenvalue weighted by atomic mass is 35.5. The summed E-state index contributed by atoms with van der Waals surface area (Å²) >= 11 is 5.87. The van der Waals surface area contributed by atoms with Gasteiger partial charge in [-0.3, -0.25) is 0 Å². The molecule has 0 spiro atoms. The quantitative estimate of drug-likeness (QED) is 0.649. The lowest BCUT2D eigenvalue weighted by Crippen LogP contribution is -2.18. The van der Waals surface area contributed by atoms with Gasteiger partial charge in [0.05, 0.1) is 6.04 Å². The van der Waals surface area contributed by atoms with E-state index in [0.717, 1.165) is 6.42 Å². The molecule has 2 aromatic rings. The van der Waals surface area contributed by atoms with Gasteiger partial charge >= 0.3 is 0 Å². The van der Waals surface area contributed by atoms with Crippen LogP contribution < -0.4 is 5.32 Å². The zero-order valence-electron chi connectivity index (χ0n) is 8.68. The average Bonchev–Trinajstić information content (AvgIpc) is 2.73. The summed E-state index contributed by atoms with van der Waals surface area (Å²) in [6.07, 6.45) is 7.61. The molecular formula is C10H10ClN5. The zero-order chi connectivity index (χ0) is 11.5. The topological polar surface area (TPSA) is 55.1 Å². The fourth-order valence-corrected chi connectivity index (χ4v) is 1.51. The average molecular weight is 236 g/mol. The van der Waals surface area contributed by atoms with Crippen LogP contribution in [0, 0.1) is 12.3 Å². The van der Waals surface area contributed by atoms with Crippen molar-refractivity contribution in [3.63, 3.8) is 0 Å². The maximum atomic E-state index is 5.87. The van der Waals surface area contributed by atoms with Crippen LogP contribution in [0.2, 0.25) is 5.15 Å². The Kier molecular flexibility index (Phi) is 2.93. The highest BCUT2D eigenvalue weighted by Gasteiger charge is 2.09. The molecule has 1 atom stereocenters. The number of aromatic nitrogens is 4. The number of nitrogens with one attached hydrogen (secondary N) is 1. The molecule has 2 heterocycles. The van der Waals surface area contributed by atoms with Crippen molar-refractivity contribution in [3.05, 3.63) is 17.5 Å². The molecule has 1 N–H and O–H groups in total. The Balaban J connectivity index is 2.43. The number of nitrogens with zero attached hydrogens (tertiary/aromatic N) is 4. The summed E-state index contributed by atoms with van der Waals surface area (Å²) in [4.78, 5) is 7.98. The molecule has 0 aliphatic heterocycles. The smallest absolute Gasteiger partial charge is 0.255 e. The Labute approximate surface area is 97.9 Å². The fraction of sp³-hybridized carbons (Fsp3) is 0.300. The van der Waals surface area contributed by atoms with Crippen molar-refractivity contribution >= 4 is 23.2 Å². The molecule has 0 amide bonds. The second-order valence-corrected chi connectivity index (χ2v) is 3.60. The molecule has 0 saturated heterocycles. The number of anilines is 1. The third kappa shape index (κ3) is 1.92. The second kappa shape index (κ2) is 4.37. The molecule has 0 aliphatic carbocycles. The Morgan fingerprint density at radius 2 is 2.50 bits per heavy atom. The maximum Gasteiger partial charge on any atom is 0.255 e. The Bertz CT molecular complexity index is 542. The molecule has 82 valence electrons. The summed E-state index contributed by atoms with van der Waals surface area (Å²) in [7, 11) is 0. The molecule has 2 rings (SSSR count). The summed E-state index contributed by atoms with van der Waals surface area (Å²) in [5, 5.41) is 7.54. The van der Waals surface area contributed by atoms with E-state index in [-0.39, 0.29) is 6.04 Å². The molecule has 1 unspecified atom stereocenters. The van der Waals surface area contributed by atoms with Gasteiger partial charge in [0.1, 0.15) is 17.3 Å². The van der Waals surface area contributed by atoms with Gasteiger partial charge in [-0.1, -0.05) is 24.4 Å². The molecule has 6 heteroatoms. The number of rotatable bonds is 3. The van der Waals surface area contributed by atoms with E-state index >= 15 is 0 Å². The van der Waals surface area contributed by atoms with Crippen LogP contribution in [0.1, 0.15) is 13.3 Å². The van der Waals surface area contributed by atoms with Gasteiger partial charge in [-0.25, -0.2) is 0 Å². The summed E-state index contributed by atoms with van der Waals surface area (Å²) in [5.41, 5.74) is 0. The van der Waals surface area contributed by atoms with Crippen LogP contribution in [0.25, 0.3) is 5.78 Å². The number of terminal acetylenes is 1. The number of fused-ring (bicyclic) bond motifs is 1. The monoisotopic (exact) mass is 235 g/mol. The van der Waals surface area contributed by atoms with Crippen molar-refractivity contribution < 1.29 is 0 Å². The molecule has 0 saturated carbocycles. The molecule has 2 aromatic heterocycles. The lowest BCUT2D eigenvalue weighted by atomic mass is 10.2. The van der Waals surface area contributed by atoms with E-state index in [9.17, 15) is 0 Å². The first-order valence-corrected chi connectivity index (χ1v) is 5.21. The third-order valence-corrected chi connectivity index (χ3v) is 2.35. The van der Waals surface area contributed by atoms with Gasteiger partial charge in [0, 0.05) is 6.07 Å².